The van der Waals surface area contributed by atoms with Crippen molar-refractivity contribution in [1.29, 1.82) is 0 Å². The summed E-state index contributed by atoms with van der Waals surface area (Å²) in [5.74, 6) is 0.696. The summed E-state index contributed by atoms with van der Waals surface area (Å²) in [7, 11) is 0. The van der Waals surface area contributed by atoms with Crippen LogP contribution >= 0.6 is 0 Å². The van der Waals surface area contributed by atoms with Crippen molar-refractivity contribution in [3.05, 3.63) is 0 Å². The Labute approximate surface area is 109 Å². The van der Waals surface area contributed by atoms with Crippen molar-refractivity contribution in [2.24, 2.45) is 11.7 Å². The van der Waals surface area contributed by atoms with E-state index in [-0.39, 0.29) is 11.9 Å². The lowest BCUT2D eigenvalue weighted by Gasteiger charge is -2.37. The van der Waals surface area contributed by atoms with Crippen LogP contribution in [0.1, 0.15) is 19.8 Å². The number of likely N-dealkylation sites (tertiary alicyclic amines) is 1. The summed E-state index contributed by atoms with van der Waals surface area (Å²) in [6, 6.07) is -0.368. The van der Waals surface area contributed by atoms with Gasteiger partial charge in [0, 0.05) is 32.7 Å². The third kappa shape index (κ3) is 3.67. The van der Waals surface area contributed by atoms with Crippen LogP contribution in [0.15, 0.2) is 0 Å². The third-order valence-electron chi connectivity index (χ3n) is 3.84. The monoisotopic (exact) mass is 255 g/mol. The zero-order valence-electron chi connectivity index (χ0n) is 11.3. The predicted molar refractivity (Wildman–Crippen MR) is 70.2 cm³/mol. The lowest BCUT2D eigenvalue weighted by molar-refractivity contribution is -0.134. The summed E-state index contributed by atoms with van der Waals surface area (Å²) < 4.78 is 5.36. The van der Waals surface area contributed by atoms with Gasteiger partial charge in [-0.1, -0.05) is 0 Å². The smallest absolute Gasteiger partial charge is 0.239 e. The number of amides is 1. The normalized spacial score (nSPS) is 28.1. The fourth-order valence-electron chi connectivity index (χ4n) is 2.85. The van der Waals surface area contributed by atoms with E-state index in [2.05, 4.69) is 4.90 Å². The molecule has 0 aromatic carbocycles. The number of carbonyl (C=O) groups excluding carboxylic acids is 1. The van der Waals surface area contributed by atoms with Gasteiger partial charge < -0.3 is 15.4 Å². The molecule has 2 aliphatic heterocycles. The van der Waals surface area contributed by atoms with Crippen molar-refractivity contribution in [1.82, 2.24) is 9.80 Å². The van der Waals surface area contributed by atoms with Gasteiger partial charge in [-0.15, -0.1) is 0 Å². The second kappa shape index (κ2) is 6.50. The summed E-state index contributed by atoms with van der Waals surface area (Å²) in [6.45, 7) is 8.34. The molecule has 2 unspecified atom stereocenters. The molecule has 5 heteroatoms. The Balaban J connectivity index is 1.80. The molecule has 0 radical (unpaired) electrons. The first-order chi connectivity index (χ1) is 8.66. The minimum absolute atomic E-state index is 0.0988. The van der Waals surface area contributed by atoms with E-state index in [1.165, 1.54) is 6.42 Å². The molecule has 2 N–H and O–H groups in total. The van der Waals surface area contributed by atoms with Crippen molar-refractivity contribution in [2.45, 2.75) is 25.8 Å². The summed E-state index contributed by atoms with van der Waals surface area (Å²) in [5.41, 5.74) is 5.68. The highest BCUT2D eigenvalue weighted by atomic mass is 16.5. The molecule has 0 bridgehead atoms. The molecule has 2 atom stereocenters. The summed E-state index contributed by atoms with van der Waals surface area (Å²) in [6.07, 6.45) is 2.33. The fourth-order valence-corrected chi connectivity index (χ4v) is 2.85. The van der Waals surface area contributed by atoms with Crippen LogP contribution in [0, 0.1) is 5.92 Å². The maximum atomic E-state index is 11.9. The van der Waals surface area contributed by atoms with Crippen LogP contribution in [0.4, 0.5) is 0 Å². The van der Waals surface area contributed by atoms with E-state index in [4.69, 9.17) is 10.5 Å². The van der Waals surface area contributed by atoms with Crippen LogP contribution in [0.25, 0.3) is 0 Å². The molecule has 5 nitrogen and oxygen atoms in total. The number of hydrogen-bond acceptors (Lipinski definition) is 4. The molecular weight excluding hydrogens is 230 g/mol. The largest absolute Gasteiger partial charge is 0.379 e. The number of piperidine rings is 1. The van der Waals surface area contributed by atoms with Crippen molar-refractivity contribution < 1.29 is 9.53 Å². The summed E-state index contributed by atoms with van der Waals surface area (Å²) >= 11 is 0. The lowest BCUT2D eigenvalue weighted by atomic mass is 9.96. The molecule has 2 heterocycles. The van der Waals surface area contributed by atoms with E-state index in [1.54, 1.807) is 6.92 Å². The topological polar surface area (TPSA) is 58.8 Å². The maximum Gasteiger partial charge on any atom is 0.239 e. The van der Waals surface area contributed by atoms with Gasteiger partial charge in [0.25, 0.3) is 0 Å². The van der Waals surface area contributed by atoms with E-state index in [9.17, 15) is 4.79 Å². The number of ether oxygens (including phenoxy) is 1. The average Bonchev–Trinajstić information content (AvgIpc) is 2.39. The lowest BCUT2D eigenvalue weighted by Crippen LogP contribution is -2.49. The van der Waals surface area contributed by atoms with Crippen LogP contribution < -0.4 is 5.73 Å². The molecule has 0 saturated carbocycles. The molecule has 2 rings (SSSR count). The molecule has 18 heavy (non-hydrogen) atoms. The van der Waals surface area contributed by atoms with Crippen LogP contribution in [0.3, 0.4) is 0 Å². The Kier molecular flexibility index (Phi) is 4.97. The van der Waals surface area contributed by atoms with Crippen LogP contribution in [0.2, 0.25) is 0 Å². The highest BCUT2D eigenvalue weighted by Crippen LogP contribution is 2.18. The van der Waals surface area contributed by atoms with E-state index in [0.29, 0.717) is 5.92 Å². The van der Waals surface area contributed by atoms with Gasteiger partial charge in [0.1, 0.15) is 0 Å². The molecule has 1 amide bonds. The Bertz CT molecular complexity index is 277. The zero-order chi connectivity index (χ0) is 13.0. The van der Waals surface area contributed by atoms with Crippen LogP contribution in [0.5, 0.6) is 0 Å². The number of carbonyl (C=O) groups is 1. The molecule has 0 aromatic heterocycles. The molecule has 104 valence electrons. The first kappa shape index (κ1) is 13.8. The summed E-state index contributed by atoms with van der Waals surface area (Å²) in [5, 5.41) is 0. The van der Waals surface area contributed by atoms with Gasteiger partial charge in [-0.2, -0.15) is 0 Å². The second-order valence-electron chi connectivity index (χ2n) is 5.49. The van der Waals surface area contributed by atoms with Crippen LogP contribution in [-0.4, -0.2) is 67.7 Å². The zero-order valence-corrected chi connectivity index (χ0v) is 11.3. The molecule has 2 saturated heterocycles. The van der Waals surface area contributed by atoms with Crippen LogP contribution in [-0.2, 0) is 9.53 Å². The Morgan fingerprint density at radius 1 is 1.39 bits per heavy atom. The van der Waals surface area contributed by atoms with Gasteiger partial charge in [-0.25, -0.2) is 0 Å². The van der Waals surface area contributed by atoms with Crippen molar-refractivity contribution in [3.63, 3.8) is 0 Å². The van der Waals surface area contributed by atoms with E-state index in [1.807, 2.05) is 4.90 Å². The molecule has 2 aliphatic rings. The van der Waals surface area contributed by atoms with Gasteiger partial charge in [0.2, 0.25) is 5.91 Å². The van der Waals surface area contributed by atoms with E-state index < -0.39 is 0 Å². The standard InChI is InChI=1S/C13H25N3O2/c1-11(14)13(17)16-4-2-3-12(10-16)9-15-5-7-18-8-6-15/h11-12H,2-10,14H2,1H3. The average molecular weight is 255 g/mol. The van der Waals surface area contributed by atoms with Gasteiger partial charge in [-0.05, 0) is 25.7 Å². The Hall–Kier alpha value is -0.650. The van der Waals surface area contributed by atoms with E-state index >= 15 is 0 Å². The van der Waals surface area contributed by atoms with Crippen molar-refractivity contribution in [2.75, 3.05) is 45.9 Å². The molecule has 0 aliphatic carbocycles. The third-order valence-corrected chi connectivity index (χ3v) is 3.84. The van der Waals surface area contributed by atoms with Crippen molar-refractivity contribution >= 4 is 5.91 Å². The van der Waals surface area contributed by atoms with Gasteiger partial charge >= 0.3 is 0 Å². The highest BCUT2D eigenvalue weighted by Gasteiger charge is 2.26. The fraction of sp³-hybridized carbons (Fsp3) is 0.923. The quantitative estimate of drug-likeness (QED) is 0.765. The minimum Gasteiger partial charge on any atom is -0.379 e. The molecule has 2 fully saturated rings. The first-order valence-corrected chi connectivity index (χ1v) is 7.01. The molecule has 0 aromatic rings. The summed E-state index contributed by atoms with van der Waals surface area (Å²) in [4.78, 5) is 16.3. The van der Waals surface area contributed by atoms with Gasteiger partial charge in [-0.3, -0.25) is 9.69 Å². The number of morpholine rings is 1. The number of nitrogens with two attached hydrogens (primary N) is 1. The molecular formula is C13H25N3O2. The Morgan fingerprint density at radius 2 is 2.11 bits per heavy atom. The van der Waals surface area contributed by atoms with Crippen molar-refractivity contribution in [3.8, 4) is 0 Å². The first-order valence-electron chi connectivity index (χ1n) is 7.01. The highest BCUT2D eigenvalue weighted by molar-refractivity contribution is 5.81. The SMILES string of the molecule is CC(N)C(=O)N1CCCC(CN2CCOCC2)C1. The minimum atomic E-state index is -0.368. The predicted octanol–water partition coefficient (Wildman–Crippen LogP) is -0.0956. The molecule has 0 spiro atoms. The van der Waals surface area contributed by atoms with Gasteiger partial charge in [0.05, 0.1) is 19.3 Å². The number of rotatable bonds is 3. The van der Waals surface area contributed by atoms with E-state index in [0.717, 1.165) is 52.4 Å². The second-order valence-corrected chi connectivity index (χ2v) is 5.49. The number of nitrogens with zero attached hydrogens (tertiary/aromatic N) is 2. The number of hydrogen-bond donors (Lipinski definition) is 1. The Morgan fingerprint density at radius 3 is 2.78 bits per heavy atom. The van der Waals surface area contributed by atoms with Gasteiger partial charge in [0.15, 0.2) is 0 Å². The maximum absolute atomic E-state index is 11.9.